The molecule has 1 heterocycles. The van der Waals surface area contributed by atoms with Crippen LogP contribution in [0.25, 0.3) is 0 Å². The molecule has 2 aromatic rings. The van der Waals surface area contributed by atoms with Crippen molar-refractivity contribution < 1.29 is 14.6 Å². The van der Waals surface area contributed by atoms with E-state index in [1.54, 1.807) is 0 Å². The Labute approximate surface area is 130 Å². The maximum atomic E-state index is 11.7. The van der Waals surface area contributed by atoms with Gasteiger partial charge in [0.05, 0.1) is 6.04 Å². The third kappa shape index (κ3) is 2.30. The normalized spacial score (nSPS) is 15.5. The van der Waals surface area contributed by atoms with Crippen molar-refractivity contribution >= 4 is 6.09 Å². The number of ether oxygens (including phenoxy) is 1. The molecule has 0 aliphatic carbocycles. The third-order valence-corrected chi connectivity index (χ3v) is 3.97. The molecule has 4 nitrogen and oxygen atoms in total. The van der Waals surface area contributed by atoms with Gasteiger partial charge >= 0.3 is 0 Å². The predicted molar refractivity (Wildman–Crippen MR) is 81.9 cm³/mol. The maximum Gasteiger partial charge on any atom is 0.137 e. The topological polar surface area (TPSA) is 52.6 Å². The third-order valence-electron chi connectivity index (χ3n) is 3.97. The first-order valence-corrected chi connectivity index (χ1v) is 7.47. The Kier molecular flexibility index (Phi) is 3.75. The van der Waals surface area contributed by atoms with Gasteiger partial charge in [-0.05, 0) is 25.0 Å². The molecule has 0 aromatic heterocycles. The van der Waals surface area contributed by atoms with Gasteiger partial charge in [-0.25, -0.2) is 0 Å². The fourth-order valence-electron chi connectivity index (χ4n) is 3.01. The lowest BCUT2D eigenvalue weighted by atomic mass is 9.91. The van der Waals surface area contributed by atoms with Gasteiger partial charge in [-0.15, -0.1) is 0 Å². The monoisotopic (exact) mass is 296 g/mol. The lowest BCUT2D eigenvalue weighted by Gasteiger charge is -2.38. The Morgan fingerprint density at radius 1 is 1.18 bits per heavy atom. The maximum absolute atomic E-state index is 11.7. The molecule has 0 bridgehead atoms. The molecule has 1 aliphatic heterocycles. The van der Waals surface area contributed by atoms with Crippen molar-refractivity contribution in [3.05, 3.63) is 59.2 Å². The Bertz CT molecular complexity index is 711. The molecule has 4 heteroatoms. The average molecular weight is 296 g/mol. The van der Waals surface area contributed by atoms with Crippen LogP contribution in [0.5, 0.6) is 11.5 Å². The van der Waals surface area contributed by atoms with E-state index >= 15 is 0 Å². The SMILES string of the molecule is CCCN(C(=O)[O-])C1c2ccccc2Oc2c(C)cccc21. The molecule has 0 fully saturated rings. The first kappa shape index (κ1) is 14.4. The molecule has 1 amide bonds. The van der Waals surface area contributed by atoms with Gasteiger partial charge in [-0.1, -0.05) is 43.3 Å². The number of hydrogen-bond donors (Lipinski definition) is 0. The van der Waals surface area contributed by atoms with E-state index < -0.39 is 6.09 Å². The minimum Gasteiger partial charge on any atom is -0.530 e. The molecule has 22 heavy (non-hydrogen) atoms. The molecule has 0 spiro atoms. The van der Waals surface area contributed by atoms with E-state index in [4.69, 9.17) is 4.74 Å². The summed E-state index contributed by atoms with van der Waals surface area (Å²) in [5, 5.41) is 11.7. The molecular formula is C18H18NO3-. The molecule has 0 saturated heterocycles. The largest absolute Gasteiger partial charge is 0.530 e. The zero-order valence-corrected chi connectivity index (χ0v) is 12.7. The van der Waals surface area contributed by atoms with E-state index in [0.29, 0.717) is 12.3 Å². The van der Waals surface area contributed by atoms with E-state index in [0.717, 1.165) is 28.9 Å². The number of benzene rings is 2. The smallest absolute Gasteiger partial charge is 0.137 e. The van der Waals surface area contributed by atoms with Gasteiger partial charge in [0.25, 0.3) is 0 Å². The number of rotatable bonds is 3. The Hall–Kier alpha value is -2.49. The van der Waals surface area contributed by atoms with Crippen molar-refractivity contribution in [2.24, 2.45) is 0 Å². The minimum atomic E-state index is -1.16. The summed E-state index contributed by atoms with van der Waals surface area (Å²) in [5.74, 6) is 1.45. The van der Waals surface area contributed by atoms with Crippen molar-refractivity contribution in [1.29, 1.82) is 0 Å². The van der Waals surface area contributed by atoms with Crippen molar-refractivity contribution in [2.45, 2.75) is 26.3 Å². The quantitative estimate of drug-likeness (QED) is 0.873. The van der Waals surface area contributed by atoms with Gasteiger partial charge in [0.15, 0.2) is 0 Å². The summed E-state index contributed by atoms with van der Waals surface area (Å²) in [6.07, 6.45) is -0.426. The molecule has 114 valence electrons. The van der Waals surface area contributed by atoms with Crippen LogP contribution in [-0.4, -0.2) is 17.5 Å². The first-order chi connectivity index (χ1) is 10.6. The Balaban J connectivity index is 2.20. The summed E-state index contributed by atoms with van der Waals surface area (Å²) in [6.45, 7) is 4.35. The summed E-state index contributed by atoms with van der Waals surface area (Å²) in [5.41, 5.74) is 2.72. The average Bonchev–Trinajstić information content (AvgIpc) is 2.51. The number of fused-ring (bicyclic) bond motifs is 2. The Morgan fingerprint density at radius 2 is 1.91 bits per heavy atom. The van der Waals surface area contributed by atoms with Crippen LogP contribution in [0.15, 0.2) is 42.5 Å². The van der Waals surface area contributed by atoms with Crippen molar-refractivity contribution in [3.8, 4) is 11.5 Å². The standard InChI is InChI=1S/C18H19NO3/c1-3-11-19(18(20)21)16-13-8-4-5-10-15(13)22-17-12(2)7-6-9-14(16)17/h4-10,16H,3,11H2,1-2H3,(H,20,21)/p-1. The molecule has 1 unspecified atom stereocenters. The van der Waals surface area contributed by atoms with Crippen LogP contribution in [0, 0.1) is 6.92 Å². The number of carboxylic acid groups (broad SMARTS) is 1. The van der Waals surface area contributed by atoms with Crippen LogP contribution in [0.4, 0.5) is 4.79 Å². The first-order valence-electron chi connectivity index (χ1n) is 7.47. The molecule has 0 saturated carbocycles. The van der Waals surface area contributed by atoms with Gasteiger partial charge in [0.1, 0.15) is 17.6 Å². The molecular weight excluding hydrogens is 278 g/mol. The van der Waals surface area contributed by atoms with Gasteiger partial charge in [-0.2, -0.15) is 0 Å². The second-order valence-corrected chi connectivity index (χ2v) is 5.49. The van der Waals surface area contributed by atoms with E-state index in [2.05, 4.69) is 0 Å². The second-order valence-electron chi connectivity index (χ2n) is 5.49. The zero-order chi connectivity index (χ0) is 15.7. The van der Waals surface area contributed by atoms with Crippen LogP contribution in [0.1, 0.15) is 36.1 Å². The van der Waals surface area contributed by atoms with Gasteiger partial charge < -0.3 is 19.5 Å². The highest BCUT2D eigenvalue weighted by molar-refractivity contribution is 5.67. The zero-order valence-electron chi connectivity index (χ0n) is 12.7. The van der Waals surface area contributed by atoms with E-state index in [1.165, 1.54) is 4.90 Å². The lowest BCUT2D eigenvalue weighted by molar-refractivity contribution is -0.267. The molecule has 0 radical (unpaired) electrons. The van der Waals surface area contributed by atoms with E-state index in [-0.39, 0.29) is 6.04 Å². The van der Waals surface area contributed by atoms with Crippen LogP contribution in [0.2, 0.25) is 0 Å². The lowest BCUT2D eigenvalue weighted by Crippen LogP contribution is -2.45. The molecule has 2 aromatic carbocycles. The Morgan fingerprint density at radius 3 is 2.64 bits per heavy atom. The molecule has 1 atom stereocenters. The summed E-state index contributed by atoms with van der Waals surface area (Å²) in [6, 6.07) is 13.0. The van der Waals surface area contributed by atoms with Crippen LogP contribution in [0.3, 0.4) is 0 Å². The second kappa shape index (κ2) is 5.72. The summed E-state index contributed by atoms with van der Waals surface area (Å²) < 4.78 is 6.01. The van der Waals surface area contributed by atoms with Gasteiger partial charge in [-0.3, -0.25) is 0 Å². The van der Waals surface area contributed by atoms with Crippen LogP contribution < -0.4 is 9.84 Å². The fourth-order valence-corrected chi connectivity index (χ4v) is 3.01. The number of carbonyl (C=O) groups excluding carboxylic acids is 1. The van der Waals surface area contributed by atoms with Gasteiger partial charge in [0.2, 0.25) is 0 Å². The van der Waals surface area contributed by atoms with Gasteiger partial charge in [0, 0.05) is 17.7 Å². The highest BCUT2D eigenvalue weighted by atomic mass is 16.5. The van der Waals surface area contributed by atoms with Crippen LogP contribution >= 0.6 is 0 Å². The van der Waals surface area contributed by atoms with E-state index in [1.807, 2.05) is 56.3 Å². The number of nitrogens with zero attached hydrogens (tertiary/aromatic N) is 1. The summed E-state index contributed by atoms with van der Waals surface area (Å²) in [4.78, 5) is 13.1. The van der Waals surface area contributed by atoms with Crippen molar-refractivity contribution in [2.75, 3.05) is 6.54 Å². The fraction of sp³-hybridized carbons (Fsp3) is 0.278. The van der Waals surface area contributed by atoms with Crippen molar-refractivity contribution in [3.63, 3.8) is 0 Å². The number of amides is 1. The molecule has 3 rings (SSSR count). The number of hydrogen-bond acceptors (Lipinski definition) is 3. The van der Waals surface area contributed by atoms with Crippen LogP contribution in [-0.2, 0) is 0 Å². The number of aryl methyl sites for hydroxylation is 1. The van der Waals surface area contributed by atoms with Crippen molar-refractivity contribution in [1.82, 2.24) is 4.90 Å². The summed E-state index contributed by atoms with van der Waals surface area (Å²) in [7, 11) is 0. The minimum absolute atomic E-state index is 0.384. The highest BCUT2D eigenvalue weighted by Gasteiger charge is 2.32. The molecule has 1 aliphatic rings. The highest BCUT2D eigenvalue weighted by Crippen LogP contribution is 2.46. The molecule has 0 N–H and O–H groups in total. The predicted octanol–water partition coefficient (Wildman–Crippen LogP) is 3.25. The summed E-state index contributed by atoms with van der Waals surface area (Å²) >= 11 is 0. The number of carbonyl (C=O) groups is 1. The number of para-hydroxylation sites is 2. The van der Waals surface area contributed by atoms with E-state index in [9.17, 15) is 9.90 Å².